The molecule has 1 heterocycles. The highest BCUT2D eigenvalue weighted by molar-refractivity contribution is 5.55. The molecule has 17 heavy (non-hydrogen) atoms. The van der Waals surface area contributed by atoms with Crippen LogP contribution in [0.15, 0.2) is 18.2 Å². The first-order valence-electron chi connectivity index (χ1n) is 7.15. The molecule has 0 saturated carbocycles. The summed E-state index contributed by atoms with van der Waals surface area (Å²) in [7, 11) is 0. The molecule has 1 fully saturated rings. The molecule has 0 spiro atoms. The number of unbranched alkanes of at least 4 members (excludes halogenated alkanes) is 1. The van der Waals surface area contributed by atoms with Crippen molar-refractivity contribution in [1.29, 1.82) is 0 Å². The maximum atomic E-state index is 2.60. The normalized spacial score (nSPS) is 16.2. The Hall–Kier alpha value is -0.980. The molecule has 1 saturated heterocycles. The third kappa shape index (κ3) is 3.24. The van der Waals surface area contributed by atoms with Crippen LogP contribution in [-0.4, -0.2) is 13.1 Å². The number of hydrogen-bond donors (Lipinski definition) is 0. The molecule has 1 heteroatoms. The summed E-state index contributed by atoms with van der Waals surface area (Å²) in [6.45, 7) is 6.98. The molecule has 0 unspecified atom stereocenters. The second-order valence-corrected chi connectivity index (χ2v) is 5.28. The Labute approximate surface area is 106 Å². The van der Waals surface area contributed by atoms with Crippen molar-refractivity contribution >= 4 is 5.69 Å². The zero-order valence-corrected chi connectivity index (χ0v) is 11.3. The van der Waals surface area contributed by atoms with Gasteiger partial charge in [0.25, 0.3) is 0 Å². The molecule has 1 aliphatic rings. The summed E-state index contributed by atoms with van der Waals surface area (Å²) >= 11 is 0. The molecule has 94 valence electrons. The summed E-state index contributed by atoms with van der Waals surface area (Å²) in [5.41, 5.74) is 4.46. The van der Waals surface area contributed by atoms with Crippen molar-refractivity contribution in [3.05, 3.63) is 29.3 Å². The molecule has 0 radical (unpaired) electrons. The van der Waals surface area contributed by atoms with Crippen LogP contribution in [0.3, 0.4) is 0 Å². The Kier molecular flexibility index (Phi) is 4.47. The van der Waals surface area contributed by atoms with Gasteiger partial charge in [-0.3, -0.25) is 0 Å². The largest absolute Gasteiger partial charge is 0.371 e. The van der Waals surface area contributed by atoms with E-state index >= 15 is 0 Å². The van der Waals surface area contributed by atoms with E-state index in [9.17, 15) is 0 Å². The second kappa shape index (κ2) is 6.09. The van der Waals surface area contributed by atoms with E-state index in [0.29, 0.717) is 0 Å². The van der Waals surface area contributed by atoms with E-state index in [-0.39, 0.29) is 0 Å². The molecular formula is C16H25N. The van der Waals surface area contributed by atoms with Gasteiger partial charge in [0.1, 0.15) is 0 Å². The van der Waals surface area contributed by atoms with E-state index in [1.54, 1.807) is 5.56 Å². The summed E-state index contributed by atoms with van der Waals surface area (Å²) < 4.78 is 0. The average Bonchev–Trinajstić information content (AvgIpc) is 2.38. The van der Waals surface area contributed by atoms with Gasteiger partial charge in [-0.25, -0.2) is 0 Å². The van der Waals surface area contributed by atoms with Crippen LogP contribution in [-0.2, 0) is 6.42 Å². The second-order valence-electron chi connectivity index (χ2n) is 5.28. The maximum Gasteiger partial charge on any atom is 0.0401 e. The highest BCUT2D eigenvalue weighted by atomic mass is 15.1. The highest BCUT2D eigenvalue weighted by Crippen LogP contribution is 2.26. The summed E-state index contributed by atoms with van der Waals surface area (Å²) in [6.07, 6.45) is 7.97. The van der Waals surface area contributed by atoms with Crippen LogP contribution in [0.5, 0.6) is 0 Å². The predicted molar refractivity (Wildman–Crippen MR) is 75.9 cm³/mol. The lowest BCUT2D eigenvalue weighted by molar-refractivity contribution is 0.575. The van der Waals surface area contributed by atoms with Crippen molar-refractivity contribution in [1.82, 2.24) is 0 Å². The Morgan fingerprint density at radius 3 is 2.59 bits per heavy atom. The van der Waals surface area contributed by atoms with E-state index in [2.05, 4.69) is 36.9 Å². The zero-order valence-electron chi connectivity index (χ0n) is 11.3. The molecule has 1 aromatic carbocycles. The maximum absolute atomic E-state index is 2.60. The Morgan fingerprint density at radius 2 is 1.88 bits per heavy atom. The van der Waals surface area contributed by atoms with Crippen molar-refractivity contribution in [3.8, 4) is 0 Å². The van der Waals surface area contributed by atoms with Crippen molar-refractivity contribution in [3.63, 3.8) is 0 Å². The number of benzene rings is 1. The number of rotatable bonds is 4. The van der Waals surface area contributed by atoms with E-state index in [1.165, 1.54) is 62.9 Å². The van der Waals surface area contributed by atoms with Crippen LogP contribution < -0.4 is 4.90 Å². The molecule has 0 amide bonds. The van der Waals surface area contributed by atoms with E-state index in [4.69, 9.17) is 0 Å². The van der Waals surface area contributed by atoms with Crippen LogP contribution in [0.25, 0.3) is 0 Å². The van der Waals surface area contributed by atoms with Crippen molar-refractivity contribution in [2.24, 2.45) is 0 Å². The molecular weight excluding hydrogens is 206 g/mol. The summed E-state index contributed by atoms with van der Waals surface area (Å²) in [5, 5.41) is 0. The van der Waals surface area contributed by atoms with Gasteiger partial charge in [0.2, 0.25) is 0 Å². The number of anilines is 1. The fraction of sp³-hybridized carbons (Fsp3) is 0.625. The zero-order chi connectivity index (χ0) is 12.1. The smallest absolute Gasteiger partial charge is 0.0401 e. The molecule has 1 nitrogen and oxygen atoms in total. The highest BCUT2D eigenvalue weighted by Gasteiger charge is 2.14. The van der Waals surface area contributed by atoms with Crippen LogP contribution in [0, 0.1) is 6.92 Å². The van der Waals surface area contributed by atoms with Gasteiger partial charge in [-0.2, -0.15) is 0 Å². The minimum atomic E-state index is 1.24. The monoisotopic (exact) mass is 231 g/mol. The third-order valence-electron chi connectivity index (χ3n) is 3.74. The van der Waals surface area contributed by atoms with Crippen molar-refractivity contribution in [2.45, 2.75) is 52.4 Å². The first-order valence-corrected chi connectivity index (χ1v) is 7.15. The van der Waals surface area contributed by atoms with Gasteiger partial charge in [0.15, 0.2) is 0 Å². The Balaban J connectivity index is 2.19. The predicted octanol–water partition coefficient (Wildman–Crippen LogP) is 4.33. The quantitative estimate of drug-likeness (QED) is 0.745. The van der Waals surface area contributed by atoms with E-state index < -0.39 is 0 Å². The number of piperidine rings is 1. The molecule has 2 rings (SSSR count). The van der Waals surface area contributed by atoms with Gasteiger partial charge in [-0.1, -0.05) is 25.5 Å². The van der Waals surface area contributed by atoms with Gasteiger partial charge in [-0.15, -0.1) is 0 Å². The minimum Gasteiger partial charge on any atom is -0.371 e. The van der Waals surface area contributed by atoms with Crippen LogP contribution >= 0.6 is 0 Å². The average molecular weight is 231 g/mol. The standard InChI is InChI=1S/C16H25N/c1-3-4-8-15-10-9-14(2)13-16(15)17-11-6-5-7-12-17/h9-10,13H,3-8,11-12H2,1-2H3. The molecule has 1 aromatic rings. The fourth-order valence-electron chi connectivity index (χ4n) is 2.68. The third-order valence-corrected chi connectivity index (χ3v) is 3.74. The lowest BCUT2D eigenvalue weighted by Crippen LogP contribution is -2.30. The van der Waals surface area contributed by atoms with Gasteiger partial charge in [-0.05, 0) is 56.2 Å². The summed E-state index contributed by atoms with van der Waals surface area (Å²) in [4.78, 5) is 2.60. The lowest BCUT2D eigenvalue weighted by atomic mass is 10.0. The van der Waals surface area contributed by atoms with Crippen LogP contribution in [0.2, 0.25) is 0 Å². The number of nitrogens with zero attached hydrogens (tertiary/aromatic N) is 1. The number of aryl methyl sites for hydroxylation is 2. The van der Waals surface area contributed by atoms with E-state index in [0.717, 1.165) is 0 Å². The Morgan fingerprint density at radius 1 is 1.12 bits per heavy atom. The van der Waals surface area contributed by atoms with E-state index in [1.807, 2.05) is 0 Å². The minimum absolute atomic E-state index is 1.24. The van der Waals surface area contributed by atoms with Crippen molar-refractivity contribution < 1.29 is 0 Å². The van der Waals surface area contributed by atoms with Gasteiger partial charge in [0.05, 0.1) is 0 Å². The Bertz CT molecular complexity index is 351. The molecule has 1 aliphatic heterocycles. The van der Waals surface area contributed by atoms with Gasteiger partial charge < -0.3 is 4.90 Å². The summed E-state index contributed by atoms with van der Waals surface area (Å²) in [6, 6.07) is 6.99. The molecule has 0 aromatic heterocycles. The van der Waals surface area contributed by atoms with Crippen LogP contribution in [0.1, 0.15) is 50.2 Å². The van der Waals surface area contributed by atoms with Crippen molar-refractivity contribution in [2.75, 3.05) is 18.0 Å². The fourth-order valence-corrected chi connectivity index (χ4v) is 2.68. The molecule has 0 bridgehead atoms. The topological polar surface area (TPSA) is 3.24 Å². The number of hydrogen-bond acceptors (Lipinski definition) is 1. The molecule has 0 aliphatic carbocycles. The molecule has 0 N–H and O–H groups in total. The first kappa shape index (κ1) is 12.5. The van der Waals surface area contributed by atoms with Gasteiger partial charge >= 0.3 is 0 Å². The molecule has 0 atom stereocenters. The van der Waals surface area contributed by atoms with Crippen LogP contribution in [0.4, 0.5) is 5.69 Å². The van der Waals surface area contributed by atoms with Gasteiger partial charge in [0, 0.05) is 18.8 Å². The SMILES string of the molecule is CCCCc1ccc(C)cc1N1CCCCC1. The lowest BCUT2D eigenvalue weighted by Gasteiger charge is -2.31. The first-order chi connectivity index (χ1) is 8.31. The summed E-state index contributed by atoms with van der Waals surface area (Å²) in [5.74, 6) is 0.